The number of carbonyl (C=O) groups is 1. The molecule has 3 heteroatoms. The minimum absolute atomic E-state index is 0.0323. The molecule has 3 unspecified atom stereocenters. The van der Waals surface area contributed by atoms with Crippen LogP contribution in [0.1, 0.15) is 41.5 Å². The van der Waals surface area contributed by atoms with Crippen LogP contribution in [0.3, 0.4) is 0 Å². The van der Waals surface area contributed by atoms with Crippen LogP contribution in [0.2, 0.25) is 0 Å². The van der Waals surface area contributed by atoms with Crippen LogP contribution >= 0.6 is 0 Å². The number of cyclic esters (lactones) is 1. The number of nitrogens with one attached hydrogen (secondary N) is 1. The largest absolute Gasteiger partial charge is 0.446 e. The van der Waals surface area contributed by atoms with Gasteiger partial charge in [-0.1, -0.05) is 41.5 Å². The minimum atomic E-state index is -0.252. The Bertz CT molecular complexity index is 261. The van der Waals surface area contributed by atoms with E-state index in [1.807, 2.05) is 0 Å². The van der Waals surface area contributed by atoms with E-state index in [-0.39, 0.29) is 12.2 Å². The van der Waals surface area contributed by atoms with E-state index >= 15 is 0 Å². The number of ether oxygens (including phenoxy) is 1. The molecule has 0 bridgehead atoms. The fraction of sp³-hybridized carbons (Fsp3) is 0.929. The second-order valence-electron chi connectivity index (χ2n) is 6.22. The molecule has 100 valence electrons. The second-order valence-corrected chi connectivity index (χ2v) is 6.22. The van der Waals surface area contributed by atoms with E-state index in [9.17, 15) is 4.79 Å². The Labute approximate surface area is 105 Å². The quantitative estimate of drug-likeness (QED) is 0.823. The number of hydrogen-bond acceptors (Lipinski definition) is 2. The van der Waals surface area contributed by atoms with Crippen LogP contribution in [-0.4, -0.2) is 18.7 Å². The van der Waals surface area contributed by atoms with Crippen LogP contribution in [0.4, 0.5) is 4.79 Å². The summed E-state index contributed by atoms with van der Waals surface area (Å²) >= 11 is 0. The van der Waals surface area contributed by atoms with Crippen LogP contribution in [0, 0.1) is 29.6 Å². The molecule has 3 atom stereocenters. The molecule has 1 saturated heterocycles. The number of alkyl carbamates (subject to hydrolysis) is 1. The van der Waals surface area contributed by atoms with Crippen LogP contribution in [0.25, 0.3) is 0 Å². The maximum absolute atomic E-state index is 11.6. The predicted molar refractivity (Wildman–Crippen MR) is 69.8 cm³/mol. The molecule has 0 aromatic heterocycles. The molecule has 17 heavy (non-hydrogen) atoms. The summed E-state index contributed by atoms with van der Waals surface area (Å²) in [6, 6.07) is 0. The summed E-state index contributed by atoms with van der Waals surface area (Å²) in [5.41, 5.74) is 0. The minimum Gasteiger partial charge on any atom is -0.446 e. The molecule has 1 rings (SSSR count). The fourth-order valence-electron chi connectivity index (χ4n) is 2.96. The molecule has 1 N–H and O–H groups in total. The molecule has 3 nitrogen and oxygen atoms in total. The first-order chi connectivity index (χ1) is 7.84. The van der Waals surface area contributed by atoms with Crippen LogP contribution < -0.4 is 5.32 Å². The zero-order chi connectivity index (χ0) is 13.2. The number of carbonyl (C=O) groups excluding carboxylic acids is 1. The van der Waals surface area contributed by atoms with Gasteiger partial charge in [0.1, 0.15) is 6.10 Å². The zero-order valence-electron chi connectivity index (χ0n) is 12.0. The summed E-state index contributed by atoms with van der Waals surface area (Å²) in [6.07, 6.45) is -0.220. The molecule has 1 aliphatic rings. The summed E-state index contributed by atoms with van der Waals surface area (Å²) in [5, 5.41) is 2.88. The Kier molecular flexibility index (Phi) is 4.84. The third kappa shape index (κ3) is 3.36. The van der Waals surface area contributed by atoms with E-state index in [0.717, 1.165) is 6.54 Å². The van der Waals surface area contributed by atoms with Gasteiger partial charge < -0.3 is 10.1 Å². The van der Waals surface area contributed by atoms with Crippen molar-refractivity contribution in [2.75, 3.05) is 6.54 Å². The van der Waals surface area contributed by atoms with E-state index < -0.39 is 0 Å². The van der Waals surface area contributed by atoms with Crippen LogP contribution in [0.15, 0.2) is 0 Å². The van der Waals surface area contributed by atoms with Crippen molar-refractivity contribution in [3.8, 4) is 0 Å². The van der Waals surface area contributed by atoms with Gasteiger partial charge in [0.25, 0.3) is 0 Å². The topological polar surface area (TPSA) is 38.3 Å². The van der Waals surface area contributed by atoms with Crippen molar-refractivity contribution in [3.63, 3.8) is 0 Å². The lowest BCUT2D eigenvalue weighted by Crippen LogP contribution is -2.39. The van der Waals surface area contributed by atoms with Crippen molar-refractivity contribution < 1.29 is 9.53 Å². The van der Waals surface area contributed by atoms with Crippen molar-refractivity contribution >= 4 is 6.09 Å². The molecule has 0 radical (unpaired) electrons. The fourth-order valence-corrected chi connectivity index (χ4v) is 2.96. The van der Waals surface area contributed by atoms with E-state index in [2.05, 4.69) is 46.9 Å². The smallest absolute Gasteiger partial charge is 0.407 e. The summed E-state index contributed by atoms with van der Waals surface area (Å²) in [4.78, 5) is 11.6. The standard InChI is InChI=1S/C14H27NO2/c1-8(2)11-7-15-14(16)17-13(10(5)6)12(11)9(3)4/h8-13H,7H2,1-6H3,(H,15,16). The first-order valence-corrected chi connectivity index (χ1v) is 6.79. The maximum atomic E-state index is 11.6. The first-order valence-electron chi connectivity index (χ1n) is 6.79. The third-order valence-electron chi connectivity index (χ3n) is 3.88. The van der Waals surface area contributed by atoms with Gasteiger partial charge in [-0.05, 0) is 23.7 Å². The molecule has 0 spiro atoms. The van der Waals surface area contributed by atoms with E-state index in [0.29, 0.717) is 29.6 Å². The highest BCUT2D eigenvalue weighted by Gasteiger charge is 2.40. The van der Waals surface area contributed by atoms with Gasteiger partial charge in [-0.25, -0.2) is 4.79 Å². The molecular weight excluding hydrogens is 214 g/mol. The van der Waals surface area contributed by atoms with Crippen molar-refractivity contribution in [1.82, 2.24) is 5.32 Å². The molecule has 1 amide bonds. The number of amides is 1. The molecule has 1 aliphatic heterocycles. The predicted octanol–water partition coefficient (Wildman–Crippen LogP) is 3.30. The van der Waals surface area contributed by atoms with Crippen molar-refractivity contribution in [2.24, 2.45) is 29.6 Å². The molecule has 1 fully saturated rings. The summed E-state index contributed by atoms with van der Waals surface area (Å²) < 4.78 is 5.58. The van der Waals surface area contributed by atoms with Gasteiger partial charge in [0.2, 0.25) is 0 Å². The highest BCUT2D eigenvalue weighted by molar-refractivity contribution is 5.67. The molecule has 0 aliphatic carbocycles. The van der Waals surface area contributed by atoms with Gasteiger partial charge in [0.05, 0.1) is 0 Å². The number of rotatable bonds is 3. The van der Waals surface area contributed by atoms with Crippen LogP contribution in [0.5, 0.6) is 0 Å². The van der Waals surface area contributed by atoms with Gasteiger partial charge in [-0.2, -0.15) is 0 Å². The van der Waals surface area contributed by atoms with Gasteiger partial charge in [-0.3, -0.25) is 0 Å². The molecule has 0 aromatic carbocycles. The third-order valence-corrected chi connectivity index (χ3v) is 3.88. The Balaban J connectivity index is 3.01. The monoisotopic (exact) mass is 241 g/mol. The van der Waals surface area contributed by atoms with Gasteiger partial charge >= 0.3 is 6.09 Å². The van der Waals surface area contributed by atoms with Crippen molar-refractivity contribution in [2.45, 2.75) is 47.6 Å². The van der Waals surface area contributed by atoms with Gasteiger partial charge in [-0.15, -0.1) is 0 Å². The lowest BCUT2D eigenvalue weighted by molar-refractivity contribution is 0.00199. The van der Waals surface area contributed by atoms with E-state index in [1.165, 1.54) is 0 Å². The first kappa shape index (κ1) is 14.3. The van der Waals surface area contributed by atoms with Gasteiger partial charge in [0, 0.05) is 12.5 Å². The van der Waals surface area contributed by atoms with Gasteiger partial charge in [0.15, 0.2) is 0 Å². The molecule has 0 aromatic rings. The highest BCUT2D eigenvalue weighted by atomic mass is 16.6. The second kappa shape index (κ2) is 5.74. The maximum Gasteiger partial charge on any atom is 0.407 e. The summed E-state index contributed by atoms with van der Waals surface area (Å²) in [6.45, 7) is 13.9. The Morgan fingerprint density at radius 3 is 2.06 bits per heavy atom. The Morgan fingerprint density at radius 1 is 1.06 bits per heavy atom. The number of hydrogen-bond donors (Lipinski definition) is 1. The molecule has 0 saturated carbocycles. The van der Waals surface area contributed by atoms with Crippen molar-refractivity contribution in [3.05, 3.63) is 0 Å². The lowest BCUT2D eigenvalue weighted by atomic mass is 9.72. The van der Waals surface area contributed by atoms with Crippen molar-refractivity contribution in [1.29, 1.82) is 0 Å². The molecule has 1 heterocycles. The lowest BCUT2D eigenvalue weighted by Gasteiger charge is -2.37. The SMILES string of the molecule is CC(C)C1CNC(=O)OC(C(C)C)C1C(C)C. The molecular formula is C14H27NO2. The zero-order valence-corrected chi connectivity index (χ0v) is 12.0. The Hall–Kier alpha value is -0.730. The average Bonchev–Trinajstić information content (AvgIpc) is 2.36. The summed E-state index contributed by atoms with van der Waals surface area (Å²) in [5.74, 6) is 2.39. The van der Waals surface area contributed by atoms with E-state index in [1.54, 1.807) is 0 Å². The summed E-state index contributed by atoms with van der Waals surface area (Å²) in [7, 11) is 0. The van der Waals surface area contributed by atoms with E-state index in [4.69, 9.17) is 4.74 Å². The normalized spacial score (nSPS) is 30.4. The van der Waals surface area contributed by atoms with Crippen LogP contribution in [-0.2, 0) is 4.74 Å². The Morgan fingerprint density at radius 2 is 1.65 bits per heavy atom. The average molecular weight is 241 g/mol. The highest BCUT2D eigenvalue weighted by Crippen LogP contribution is 2.35.